The number of rotatable bonds is 4. The molecule has 0 amide bonds. The Morgan fingerprint density at radius 1 is 1.47 bits per heavy atom. The van der Waals surface area contributed by atoms with Crippen molar-refractivity contribution >= 4 is 15.5 Å². The zero-order valence-electron chi connectivity index (χ0n) is 9.59. The highest BCUT2D eigenvalue weighted by atomic mass is 32.2. The van der Waals surface area contributed by atoms with Crippen LogP contribution in [0.5, 0.6) is 0 Å². The van der Waals surface area contributed by atoms with Crippen molar-refractivity contribution in [2.45, 2.75) is 19.1 Å². The zero-order valence-corrected chi connectivity index (χ0v) is 10.4. The molecule has 1 aromatic rings. The Bertz CT molecular complexity index is 525. The van der Waals surface area contributed by atoms with Gasteiger partial charge >= 0.3 is 0 Å². The topological polar surface area (TPSA) is 66.7 Å². The number of hydrogen-bond donors (Lipinski definition) is 1. The van der Waals surface area contributed by atoms with Gasteiger partial charge in [-0.3, -0.25) is 0 Å². The summed E-state index contributed by atoms with van der Waals surface area (Å²) in [5.74, 6) is -0.708. The lowest BCUT2D eigenvalue weighted by atomic mass is 10.1. The maximum atomic E-state index is 13.5. The summed E-state index contributed by atoms with van der Waals surface area (Å²) in [6.45, 7) is 2.86. The van der Waals surface area contributed by atoms with Crippen molar-refractivity contribution < 1.29 is 18.0 Å². The summed E-state index contributed by atoms with van der Waals surface area (Å²) in [6.07, 6.45) is 0. The van der Waals surface area contributed by atoms with Gasteiger partial charge < -0.3 is 5.21 Å². The molecule has 0 fully saturated rings. The first-order valence-corrected chi connectivity index (χ1v) is 6.84. The maximum Gasteiger partial charge on any atom is 0.158 e. The predicted octanol–water partition coefficient (Wildman–Crippen LogP) is 1.83. The van der Waals surface area contributed by atoms with Gasteiger partial charge in [-0.2, -0.15) is 0 Å². The molecule has 0 aromatic heterocycles. The lowest BCUT2D eigenvalue weighted by Gasteiger charge is -2.13. The van der Waals surface area contributed by atoms with E-state index >= 15 is 0 Å². The number of benzene rings is 1. The molecule has 94 valence electrons. The summed E-state index contributed by atoms with van der Waals surface area (Å²) in [6, 6.07) is 5.60. The second-order valence-electron chi connectivity index (χ2n) is 3.56. The number of sulfone groups is 1. The Hall–Kier alpha value is -1.43. The van der Waals surface area contributed by atoms with Gasteiger partial charge in [0.1, 0.15) is 16.8 Å². The first kappa shape index (κ1) is 13.6. The Balaban J connectivity index is 3.24. The summed E-state index contributed by atoms with van der Waals surface area (Å²) in [4.78, 5) is 0. The minimum Gasteiger partial charge on any atom is -0.411 e. The van der Waals surface area contributed by atoms with Crippen LogP contribution in [0.1, 0.15) is 19.4 Å². The number of halogens is 1. The highest BCUT2D eigenvalue weighted by Crippen LogP contribution is 2.15. The minimum atomic E-state index is -3.43. The van der Waals surface area contributed by atoms with Gasteiger partial charge in [0.15, 0.2) is 9.84 Å². The molecule has 6 heteroatoms. The average Bonchev–Trinajstić information content (AvgIpc) is 2.32. The molecule has 0 saturated carbocycles. The number of nitrogens with zero attached hydrogens (tertiary/aromatic N) is 1. The molecule has 1 aromatic carbocycles. The highest BCUT2D eigenvalue weighted by molar-refractivity contribution is 7.92. The molecule has 1 rings (SSSR count). The summed E-state index contributed by atoms with van der Waals surface area (Å²) in [7, 11) is -3.43. The summed E-state index contributed by atoms with van der Waals surface area (Å²) in [5.41, 5.74) is -0.176. The minimum absolute atomic E-state index is 0.000440. The average molecular weight is 259 g/mol. The largest absolute Gasteiger partial charge is 0.411 e. The van der Waals surface area contributed by atoms with Gasteiger partial charge in [0.05, 0.1) is 0 Å². The number of oxime groups is 1. The Labute approximate surface area is 99.7 Å². The van der Waals surface area contributed by atoms with E-state index in [-0.39, 0.29) is 17.0 Å². The molecule has 0 aliphatic heterocycles. The molecular formula is C11H14FNO3S. The van der Waals surface area contributed by atoms with Crippen LogP contribution in [-0.2, 0) is 9.84 Å². The van der Waals surface area contributed by atoms with E-state index in [2.05, 4.69) is 5.16 Å². The van der Waals surface area contributed by atoms with Gasteiger partial charge in [-0.1, -0.05) is 30.3 Å². The fourth-order valence-electron chi connectivity index (χ4n) is 1.44. The third-order valence-corrected chi connectivity index (χ3v) is 4.69. The zero-order chi connectivity index (χ0) is 13.1. The van der Waals surface area contributed by atoms with Crippen LogP contribution < -0.4 is 0 Å². The smallest absolute Gasteiger partial charge is 0.158 e. The van der Waals surface area contributed by atoms with Crippen molar-refractivity contribution in [1.82, 2.24) is 0 Å². The highest BCUT2D eigenvalue weighted by Gasteiger charge is 2.27. The molecule has 0 heterocycles. The van der Waals surface area contributed by atoms with Gasteiger partial charge in [-0.25, -0.2) is 12.8 Å². The lowest BCUT2D eigenvalue weighted by molar-refractivity contribution is 0.318. The molecule has 17 heavy (non-hydrogen) atoms. The van der Waals surface area contributed by atoms with Crippen molar-refractivity contribution in [3.8, 4) is 0 Å². The van der Waals surface area contributed by atoms with E-state index in [1.165, 1.54) is 32.0 Å². The van der Waals surface area contributed by atoms with Gasteiger partial charge in [-0.15, -0.1) is 0 Å². The van der Waals surface area contributed by atoms with Crippen LogP contribution in [0.15, 0.2) is 29.4 Å². The summed E-state index contributed by atoms with van der Waals surface area (Å²) < 4.78 is 36.8. The predicted molar refractivity (Wildman–Crippen MR) is 63.6 cm³/mol. The first-order chi connectivity index (χ1) is 7.94. The molecule has 1 atom stereocenters. The quantitative estimate of drug-likeness (QED) is 0.509. The van der Waals surface area contributed by atoms with Gasteiger partial charge in [0.25, 0.3) is 0 Å². The molecule has 0 bridgehead atoms. The first-order valence-electron chi connectivity index (χ1n) is 5.12. The lowest BCUT2D eigenvalue weighted by Crippen LogP contribution is -2.30. The van der Waals surface area contributed by atoms with Crippen LogP contribution in [0.2, 0.25) is 0 Å². The Morgan fingerprint density at radius 3 is 2.53 bits per heavy atom. The third-order valence-electron chi connectivity index (χ3n) is 2.58. The van der Waals surface area contributed by atoms with Crippen LogP contribution in [-0.4, -0.2) is 30.3 Å². The summed E-state index contributed by atoms with van der Waals surface area (Å²) >= 11 is 0. The van der Waals surface area contributed by atoms with Crippen molar-refractivity contribution in [1.29, 1.82) is 0 Å². The van der Waals surface area contributed by atoms with Crippen molar-refractivity contribution in [2.24, 2.45) is 5.16 Å². The van der Waals surface area contributed by atoms with Crippen LogP contribution >= 0.6 is 0 Å². The van der Waals surface area contributed by atoms with Crippen LogP contribution in [0, 0.1) is 5.82 Å². The second-order valence-corrected chi connectivity index (χ2v) is 6.17. The fourth-order valence-corrected chi connectivity index (χ4v) is 2.46. The Kier molecular flexibility index (Phi) is 4.22. The van der Waals surface area contributed by atoms with Crippen molar-refractivity contribution in [3.63, 3.8) is 0 Å². The molecule has 0 aliphatic rings. The normalized spacial score (nSPS) is 14.6. The molecular weight excluding hydrogens is 245 g/mol. The van der Waals surface area contributed by atoms with E-state index in [9.17, 15) is 12.8 Å². The summed E-state index contributed by atoms with van der Waals surface area (Å²) in [5, 5.41) is 10.8. The third kappa shape index (κ3) is 2.82. The molecule has 0 radical (unpaired) electrons. The monoisotopic (exact) mass is 259 g/mol. The standard InChI is InChI=1S/C11H14FNO3S/c1-3-17(15,16)8(2)11(13-14)9-6-4-5-7-10(9)12/h4-8,14H,3H2,1-2H3. The number of hydrogen-bond acceptors (Lipinski definition) is 4. The van der Waals surface area contributed by atoms with Crippen molar-refractivity contribution in [3.05, 3.63) is 35.6 Å². The molecule has 0 saturated heterocycles. The van der Waals surface area contributed by atoms with E-state index in [0.717, 1.165) is 0 Å². The van der Waals surface area contributed by atoms with Crippen LogP contribution in [0.25, 0.3) is 0 Å². The maximum absolute atomic E-state index is 13.5. The van der Waals surface area contributed by atoms with Gasteiger partial charge in [-0.05, 0) is 13.0 Å². The SMILES string of the molecule is CCS(=O)(=O)C(C)C(=NO)c1ccccc1F. The van der Waals surface area contributed by atoms with Crippen LogP contribution in [0.3, 0.4) is 0 Å². The van der Waals surface area contributed by atoms with E-state index in [0.29, 0.717) is 0 Å². The Morgan fingerprint density at radius 2 is 2.06 bits per heavy atom. The van der Waals surface area contributed by atoms with Crippen LogP contribution in [0.4, 0.5) is 4.39 Å². The van der Waals surface area contributed by atoms with Gasteiger partial charge in [0, 0.05) is 11.3 Å². The van der Waals surface area contributed by atoms with Crippen molar-refractivity contribution in [2.75, 3.05) is 5.75 Å². The fraction of sp³-hybridized carbons (Fsp3) is 0.364. The molecule has 1 N–H and O–H groups in total. The van der Waals surface area contributed by atoms with E-state index in [1.54, 1.807) is 6.07 Å². The van der Waals surface area contributed by atoms with E-state index in [4.69, 9.17) is 5.21 Å². The molecule has 1 unspecified atom stereocenters. The van der Waals surface area contributed by atoms with E-state index < -0.39 is 20.9 Å². The van der Waals surface area contributed by atoms with E-state index in [1.807, 2.05) is 0 Å². The molecule has 4 nitrogen and oxygen atoms in total. The van der Waals surface area contributed by atoms with Gasteiger partial charge in [0.2, 0.25) is 0 Å². The molecule has 0 spiro atoms. The second kappa shape index (κ2) is 5.27. The molecule has 0 aliphatic carbocycles.